The first-order valence-electron chi connectivity index (χ1n) is 12.5. The summed E-state index contributed by atoms with van der Waals surface area (Å²) in [5.74, 6) is -0.504. The van der Waals surface area contributed by atoms with Crippen molar-refractivity contribution in [2.24, 2.45) is 5.92 Å². The number of ether oxygens (including phenoxy) is 1. The van der Waals surface area contributed by atoms with Gasteiger partial charge in [-0.25, -0.2) is 9.07 Å². The van der Waals surface area contributed by atoms with E-state index in [4.69, 9.17) is 4.74 Å². The van der Waals surface area contributed by atoms with Gasteiger partial charge in [0.05, 0.1) is 7.11 Å². The van der Waals surface area contributed by atoms with Gasteiger partial charge in [0, 0.05) is 18.2 Å². The third-order valence-corrected chi connectivity index (χ3v) is 6.69. The Hall–Kier alpha value is -3.54. The number of ketones is 1. The van der Waals surface area contributed by atoms with E-state index in [0.717, 1.165) is 53.5 Å². The Bertz CT molecular complexity index is 1270. The van der Waals surface area contributed by atoms with Gasteiger partial charge in [0.15, 0.2) is 17.3 Å². The fourth-order valence-corrected chi connectivity index (χ4v) is 4.52. The van der Waals surface area contributed by atoms with E-state index in [2.05, 4.69) is 18.9 Å². The number of allylic oxidation sites excluding steroid dienone is 2. The molecule has 0 radical (unpaired) electrons. The highest BCUT2D eigenvalue weighted by atomic mass is 19.1. The maximum Gasteiger partial charge on any atom is 0.274 e. The fraction of sp³-hybridized carbons (Fsp3) is 0.367. The molecule has 0 fully saturated rings. The summed E-state index contributed by atoms with van der Waals surface area (Å²) in [6.07, 6.45) is 3.77. The lowest BCUT2D eigenvalue weighted by atomic mass is 9.85. The maximum absolute atomic E-state index is 14.2. The highest BCUT2D eigenvalue weighted by molar-refractivity contribution is 6.03. The van der Waals surface area contributed by atoms with Crippen molar-refractivity contribution in [3.8, 4) is 16.9 Å². The molecule has 0 aliphatic heterocycles. The van der Waals surface area contributed by atoms with E-state index >= 15 is 0 Å². The lowest BCUT2D eigenvalue weighted by Gasteiger charge is -2.21. The molecule has 0 amide bonds. The van der Waals surface area contributed by atoms with Gasteiger partial charge in [-0.3, -0.25) is 9.59 Å². The van der Waals surface area contributed by atoms with Gasteiger partial charge in [-0.05, 0) is 73.1 Å². The fourth-order valence-electron chi connectivity index (χ4n) is 4.52. The number of aryl methyl sites for hydroxylation is 1. The van der Waals surface area contributed by atoms with E-state index in [0.29, 0.717) is 5.69 Å². The number of nitrogens with zero attached hydrogens (tertiary/aromatic N) is 2. The molecule has 3 aromatic rings. The van der Waals surface area contributed by atoms with Crippen LogP contribution in [0.3, 0.4) is 0 Å². The van der Waals surface area contributed by atoms with Crippen LogP contribution in [-0.2, 0) is 0 Å². The number of halogens is 1. The van der Waals surface area contributed by atoms with Gasteiger partial charge in [-0.1, -0.05) is 57.0 Å². The molecule has 1 aromatic heterocycles. The van der Waals surface area contributed by atoms with E-state index in [1.54, 1.807) is 19.1 Å². The van der Waals surface area contributed by atoms with E-state index in [1.807, 2.05) is 37.3 Å². The number of aromatic nitrogens is 2. The number of hydrogen-bond acceptors (Lipinski definition) is 4. The number of methoxy groups -OCH3 is 1. The summed E-state index contributed by atoms with van der Waals surface area (Å²) in [6.45, 7) is 9.45. The lowest BCUT2D eigenvalue weighted by molar-refractivity contribution is 0.0922. The van der Waals surface area contributed by atoms with Crippen molar-refractivity contribution < 1.29 is 18.7 Å². The Kier molecular flexibility index (Phi) is 8.97. The van der Waals surface area contributed by atoms with E-state index < -0.39 is 5.82 Å². The molecule has 2 aromatic carbocycles. The van der Waals surface area contributed by atoms with Crippen molar-refractivity contribution in [2.75, 3.05) is 7.11 Å². The van der Waals surface area contributed by atoms with Crippen LogP contribution in [0, 0.1) is 18.7 Å². The van der Waals surface area contributed by atoms with E-state index in [9.17, 15) is 14.0 Å². The third-order valence-electron chi connectivity index (χ3n) is 6.69. The zero-order valence-corrected chi connectivity index (χ0v) is 22.0. The van der Waals surface area contributed by atoms with Crippen molar-refractivity contribution in [3.63, 3.8) is 0 Å². The summed E-state index contributed by atoms with van der Waals surface area (Å²) in [5, 5.41) is 4.32. The molecule has 190 valence electrons. The summed E-state index contributed by atoms with van der Waals surface area (Å²) < 4.78 is 20.6. The predicted molar refractivity (Wildman–Crippen MR) is 142 cm³/mol. The second-order valence-corrected chi connectivity index (χ2v) is 9.16. The molecule has 0 spiro atoms. The summed E-state index contributed by atoms with van der Waals surface area (Å²) in [4.78, 5) is 25.7. The summed E-state index contributed by atoms with van der Waals surface area (Å²) in [7, 11) is 1.44. The van der Waals surface area contributed by atoms with Gasteiger partial charge in [0.1, 0.15) is 5.69 Å². The minimum absolute atomic E-state index is 0.0668. The largest absolute Gasteiger partial charge is 0.494 e. The van der Waals surface area contributed by atoms with Crippen LogP contribution >= 0.6 is 0 Å². The van der Waals surface area contributed by atoms with Crippen LogP contribution in [0.15, 0.2) is 54.1 Å². The minimum atomic E-state index is -0.413. The molecule has 1 atom stereocenters. The van der Waals surface area contributed by atoms with Crippen LogP contribution in [0.1, 0.15) is 79.9 Å². The molecule has 3 rings (SSSR count). The zero-order chi connectivity index (χ0) is 26.4. The Morgan fingerprint density at radius 1 is 1.03 bits per heavy atom. The van der Waals surface area contributed by atoms with Gasteiger partial charge in [0.25, 0.3) is 5.91 Å². The normalized spacial score (nSPS) is 12.8. The maximum atomic E-state index is 14.2. The summed E-state index contributed by atoms with van der Waals surface area (Å²) >= 11 is 0. The molecule has 0 aliphatic carbocycles. The minimum Gasteiger partial charge on any atom is -0.494 e. The molecule has 36 heavy (non-hydrogen) atoms. The van der Waals surface area contributed by atoms with Crippen molar-refractivity contribution in [1.29, 1.82) is 0 Å². The predicted octanol–water partition coefficient (Wildman–Crippen LogP) is 7.54. The topological polar surface area (TPSA) is 61.2 Å². The molecule has 6 heteroatoms. The van der Waals surface area contributed by atoms with Gasteiger partial charge < -0.3 is 4.74 Å². The highest BCUT2D eigenvalue weighted by Crippen LogP contribution is 2.33. The molecule has 5 nitrogen and oxygen atoms in total. The first kappa shape index (κ1) is 27.1. The molecule has 1 unspecified atom stereocenters. The number of benzene rings is 2. The number of hydrogen-bond donors (Lipinski definition) is 0. The Balaban J connectivity index is 2.06. The summed E-state index contributed by atoms with van der Waals surface area (Å²) in [5.41, 5.74) is 5.06. The molecule has 0 saturated heterocycles. The average molecular weight is 491 g/mol. The molecule has 0 saturated carbocycles. The smallest absolute Gasteiger partial charge is 0.274 e. The standard InChI is InChI=1S/C30H35FN2O3/c1-7-9-10-22(8-2)29(30(35)33-19(3)17-27(32-33)21(5)34)20(4)23-11-13-24(14-12-23)25-15-16-28(36-6)26(31)18-25/h11-18,22H,7-10H2,1-6H3/b29-20+. The SMILES string of the molecule is CCCCC(CC)/C(C(=O)n1nc(C(C)=O)cc1C)=C(/C)c1ccc(-c2ccc(OC)c(F)c2)cc1. The molecule has 0 bridgehead atoms. The number of carbonyl (C=O) groups excluding carboxylic acids is 2. The molecular weight excluding hydrogens is 455 g/mol. The average Bonchev–Trinajstić information content (AvgIpc) is 3.28. The Labute approximate surface area is 213 Å². The second-order valence-electron chi connectivity index (χ2n) is 9.16. The Morgan fingerprint density at radius 3 is 2.22 bits per heavy atom. The second kappa shape index (κ2) is 11.9. The number of unbranched alkanes of at least 4 members (excludes halogenated alkanes) is 1. The van der Waals surface area contributed by atoms with Crippen molar-refractivity contribution in [2.45, 2.75) is 60.3 Å². The van der Waals surface area contributed by atoms with Crippen molar-refractivity contribution >= 4 is 17.3 Å². The van der Waals surface area contributed by atoms with Crippen LogP contribution in [0.4, 0.5) is 4.39 Å². The first-order chi connectivity index (χ1) is 17.2. The third kappa shape index (κ3) is 5.81. The van der Waals surface area contributed by atoms with Crippen molar-refractivity contribution in [3.05, 3.63) is 76.9 Å². The Morgan fingerprint density at radius 2 is 1.69 bits per heavy atom. The lowest BCUT2D eigenvalue weighted by Crippen LogP contribution is -2.23. The quantitative estimate of drug-likeness (QED) is 0.218. The van der Waals surface area contributed by atoms with Crippen LogP contribution < -0.4 is 4.74 Å². The zero-order valence-electron chi connectivity index (χ0n) is 22.0. The van der Waals surface area contributed by atoms with Crippen LogP contribution in [0.25, 0.3) is 16.7 Å². The van der Waals surface area contributed by atoms with E-state index in [1.165, 1.54) is 24.8 Å². The van der Waals surface area contributed by atoms with Crippen LogP contribution in [0.5, 0.6) is 5.75 Å². The van der Waals surface area contributed by atoms with Gasteiger partial charge >= 0.3 is 0 Å². The van der Waals surface area contributed by atoms with Gasteiger partial charge in [-0.2, -0.15) is 5.10 Å². The monoisotopic (exact) mass is 490 g/mol. The number of Topliss-reactive ketones (excluding diaryl/α,β-unsaturated/α-hetero) is 1. The highest BCUT2D eigenvalue weighted by Gasteiger charge is 2.26. The van der Waals surface area contributed by atoms with Gasteiger partial charge in [-0.15, -0.1) is 0 Å². The molecule has 0 aliphatic rings. The number of carbonyl (C=O) groups is 2. The van der Waals surface area contributed by atoms with Crippen LogP contribution in [0.2, 0.25) is 0 Å². The van der Waals surface area contributed by atoms with Crippen molar-refractivity contribution in [1.82, 2.24) is 9.78 Å². The van der Waals surface area contributed by atoms with Crippen LogP contribution in [-0.4, -0.2) is 28.6 Å². The number of rotatable bonds is 10. The summed E-state index contributed by atoms with van der Waals surface area (Å²) in [6, 6.07) is 14.3. The van der Waals surface area contributed by atoms with Gasteiger partial charge in [0.2, 0.25) is 0 Å². The molecule has 0 N–H and O–H groups in total. The molecule has 1 heterocycles. The first-order valence-corrected chi connectivity index (χ1v) is 12.5. The molecular formula is C30H35FN2O3. The van der Waals surface area contributed by atoms with E-state index in [-0.39, 0.29) is 29.1 Å².